The first-order valence-electron chi connectivity index (χ1n) is 5.08. The number of halogens is 4. The molecule has 104 valence electrons. The van der Waals surface area contributed by atoms with E-state index in [1.54, 1.807) is 5.32 Å². The first kappa shape index (κ1) is 15.0. The molecule has 1 aliphatic rings. The smallest absolute Gasteiger partial charge is 0.378 e. The van der Waals surface area contributed by atoms with Crippen LogP contribution in [-0.2, 0) is 9.53 Å². The molecule has 0 aromatic carbocycles. The Morgan fingerprint density at radius 2 is 2.00 bits per heavy atom. The Balaban J connectivity index is 2.68. The van der Waals surface area contributed by atoms with Gasteiger partial charge < -0.3 is 10.1 Å². The first-order valence-corrected chi connectivity index (χ1v) is 5.62. The molecule has 9 heteroatoms. The number of carbonyl (C=O) groups excluding carboxylic acids is 2. The van der Waals surface area contributed by atoms with Gasteiger partial charge in [-0.05, 0) is 6.92 Å². The molecule has 1 unspecified atom stereocenters. The van der Waals surface area contributed by atoms with Crippen molar-refractivity contribution in [3.63, 3.8) is 0 Å². The van der Waals surface area contributed by atoms with Gasteiger partial charge in [0.25, 0.3) is 5.91 Å². The summed E-state index contributed by atoms with van der Waals surface area (Å²) < 4.78 is 42.9. The maximum atomic E-state index is 12.7. The average Bonchev–Trinajstić information content (AvgIpc) is 2.47. The Morgan fingerprint density at radius 3 is 2.44 bits per heavy atom. The van der Waals surface area contributed by atoms with E-state index in [0.717, 1.165) is 0 Å². The zero-order chi connectivity index (χ0) is 14.0. The summed E-state index contributed by atoms with van der Waals surface area (Å²) in [5, 5.41) is 1.64. The highest BCUT2D eigenvalue weighted by atomic mass is 35.5. The number of carbonyl (C=O) groups is 2. The van der Waals surface area contributed by atoms with Gasteiger partial charge in [0.05, 0.1) is 19.8 Å². The number of imide groups is 1. The number of rotatable bonds is 5. The summed E-state index contributed by atoms with van der Waals surface area (Å²) in [5.74, 6) is -1.10. The molecule has 1 heterocycles. The van der Waals surface area contributed by atoms with Crippen LogP contribution in [0.3, 0.4) is 0 Å². The van der Waals surface area contributed by atoms with Crippen molar-refractivity contribution in [1.82, 2.24) is 10.2 Å². The van der Waals surface area contributed by atoms with Gasteiger partial charge in [0, 0.05) is 5.88 Å². The minimum Gasteiger partial charge on any atom is -0.378 e. The van der Waals surface area contributed by atoms with Crippen molar-refractivity contribution in [3.8, 4) is 0 Å². The van der Waals surface area contributed by atoms with Crippen molar-refractivity contribution >= 4 is 23.5 Å². The standard InChI is InChI=1S/C9H12ClF3N2O3/c1-8(9(11,12)13)6(16)15(7(17)14-8)3-5-18-4-2-10/h2-5H2,1H3,(H,14,17). The van der Waals surface area contributed by atoms with Gasteiger partial charge in [-0.15, -0.1) is 11.6 Å². The van der Waals surface area contributed by atoms with Crippen LogP contribution in [0.2, 0.25) is 0 Å². The summed E-state index contributed by atoms with van der Waals surface area (Å²) in [6.07, 6.45) is -4.84. The summed E-state index contributed by atoms with van der Waals surface area (Å²) in [7, 11) is 0. The number of hydrogen-bond donors (Lipinski definition) is 1. The second-order valence-electron chi connectivity index (χ2n) is 3.81. The van der Waals surface area contributed by atoms with Crippen molar-refractivity contribution < 1.29 is 27.5 Å². The third kappa shape index (κ3) is 2.69. The molecule has 1 saturated heterocycles. The maximum absolute atomic E-state index is 12.7. The van der Waals surface area contributed by atoms with Gasteiger partial charge >= 0.3 is 12.2 Å². The van der Waals surface area contributed by atoms with Gasteiger partial charge in [0.2, 0.25) is 5.54 Å². The largest absolute Gasteiger partial charge is 0.420 e. The molecule has 1 fully saturated rings. The molecular weight excluding hydrogens is 277 g/mol. The zero-order valence-electron chi connectivity index (χ0n) is 9.51. The van der Waals surface area contributed by atoms with Gasteiger partial charge in [0.1, 0.15) is 0 Å². The van der Waals surface area contributed by atoms with E-state index in [4.69, 9.17) is 16.3 Å². The van der Waals surface area contributed by atoms with Crippen molar-refractivity contribution in [2.75, 3.05) is 25.6 Å². The van der Waals surface area contributed by atoms with Crippen LogP contribution in [0.15, 0.2) is 0 Å². The van der Waals surface area contributed by atoms with Crippen molar-refractivity contribution in [1.29, 1.82) is 0 Å². The molecule has 0 aromatic rings. The Hall–Kier alpha value is -1.02. The van der Waals surface area contributed by atoms with Crippen LogP contribution < -0.4 is 5.32 Å². The number of ether oxygens (including phenoxy) is 1. The Labute approximate surface area is 106 Å². The molecule has 0 saturated carbocycles. The van der Waals surface area contributed by atoms with E-state index in [1.807, 2.05) is 0 Å². The van der Waals surface area contributed by atoms with Gasteiger partial charge in [-0.3, -0.25) is 9.69 Å². The highest BCUT2D eigenvalue weighted by molar-refractivity contribution is 6.17. The molecule has 0 bridgehead atoms. The number of nitrogens with zero attached hydrogens (tertiary/aromatic N) is 1. The molecule has 1 atom stereocenters. The molecule has 1 N–H and O–H groups in total. The average molecular weight is 289 g/mol. The topological polar surface area (TPSA) is 58.6 Å². The van der Waals surface area contributed by atoms with Crippen LogP contribution in [0, 0.1) is 0 Å². The monoisotopic (exact) mass is 288 g/mol. The van der Waals surface area contributed by atoms with E-state index in [0.29, 0.717) is 11.8 Å². The normalized spacial score (nSPS) is 24.6. The van der Waals surface area contributed by atoms with E-state index in [-0.39, 0.29) is 25.6 Å². The number of alkyl halides is 4. The number of hydrogen-bond acceptors (Lipinski definition) is 3. The highest BCUT2D eigenvalue weighted by Gasteiger charge is 2.64. The minimum atomic E-state index is -4.84. The third-order valence-corrected chi connectivity index (χ3v) is 2.68. The fourth-order valence-electron chi connectivity index (χ4n) is 1.40. The lowest BCUT2D eigenvalue weighted by Gasteiger charge is -2.24. The van der Waals surface area contributed by atoms with Crippen molar-refractivity contribution in [2.45, 2.75) is 18.6 Å². The summed E-state index contributed by atoms with van der Waals surface area (Å²) in [4.78, 5) is 23.4. The molecule has 0 aromatic heterocycles. The Morgan fingerprint density at radius 1 is 1.39 bits per heavy atom. The number of nitrogens with one attached hydrogen (secondary N) is 1. The van der Waals surface area contributed by atoms with E-state index >= 15 is 0 Å². The van der Waals surface area contributed by atoms with E-state index in [9.17, 15) is 22.8 Å². The molecular formula is C9H12ClF3N2O3. The Bertz CT molecular complexity index is 350. The summed E-state index contributed by atoms with van der Waals surface area (Å²) in [6, 6.07) is -1.07. The van der Waals surface area contributed by atoms with Crippen molar-refractivity contribution in [2.24, 2.45) is 0 Å². The zero-order valence-corrected chi connectivity index (χ0v) is 10.3. The van der Waals surface area contributed by atoms with Crippen molar-refractivity contribution in [3.05, 3.63) is 0 Å². The molecule has 3 amide bonds. The molecule has 18 heavy (non-hydrogen) atoms. The van der Waals surface area contributed by atoms with Crippen LogP contribution in [0.5, 0.6) is 0 Å². The fourth-order valence-corrected chi connectivity index (χ4v) is 1.51. The molecule has 1 rings (SSSR count). The predicted molar refractivity (Wildman–Crippen MR) is 56.2 cm³/mol. The van der Waals surface area contributed by atoms with E-state index < -0.39 is 23.7 Å². The van der Waals surface area contributed by atoms with Crippen LogP contribution in [-0.4, -0.2) is 54.2 Å². The minimum absolute atomic E-state index is 0.0557. The van der Waals surface area contributed by atoms with Gasteiger partial charge in [-0.2, -0.15) is 13.2 Å². The predicted octanol–water partition coefficient (Wildman–Crippen LogP) is 1.11. The maximum Gasteiger partial charge on any atom is 0.420 e. The van der Waals surface area contributed by atoms with Gasteiger partial charge in [-0.25, -0.2) is 4.79 Å². The van der Waals surface area contributed by atoms with E-state index in [1.165, 1.54) is 0 Å². The second kappa shape index (κ2) is 5.31. The lowest BCUT2D eigenvalue weighted by Crippen LogP contribution is -2.56. The van der Waals surface area contributed by atoms with Crippen LogP contribution >= 0.6 is 11.6 Å². The highest BCUT2D eigenvalue weighted by Crippen LogP contribution is 2.34. The van der Waals surface area contributed by atoms with Gasteiger partial charge in [-0.1, -0.05) is 0 Å². The second-order valence-corrected chi connectivity index (χ2v) is 4.19. The lowest BCUT2D eigenvalue weighted by molar-refractivity contribution is -0.191. The molecule has 0 aliphatic carbocycles. The molecule has 0 spiro atoms. The van der Waals surface area contributed by atoms with Gasteiger partial charge in [0.15, 0.2) is 0 Å². The quantitative estimate of drug-likeness (QED) is 0.468. The number of amides is 3. The third-order valence-electron chi connectivity index (χ3n) is 2.52. The summed E-state index contributed by atoms with van der Waals surface area (Å²) in [6.45, 7) is 0.529. The van der Waals surface area contributed by atoms with Crippen LogP contribution in [0.25, 0.3) is 0 Å². The number of urea groups is 1. The molecule has 0 radical (unpaired) electrons. The Kier molecular flexibility index (Phi) is 4.44. The van der Waals surface area contributed by atoms with Crippen LogP contribution in [0.4, 0.5) is 18.0 Å². The summed E-state index contributed by atoms with van der Waals surface area (Å²) >= 11 is 5.33. The van der Waals surface area contributed by atoms with E-state index in [2.05, 4.69) is 0 Å². The first-order chi connectivity index (χ1) is 8.24. The molecule has 1 aliphatic heterocycles. The van der Waals surface area contributed by atoms with Crippen LogP contribution in [0.1, 0.15) is 6.92 Å². The fraction of sp³-hybridized carbons (Fsp3) is 0.778. The SMILES string of the molecule is CC1(C(F)(F)F)NC(=O)N(CCOCCCl)C1=O. The lowest BCUT2D eigenvalue weighted by atomic mass is 10.0. The summed E-state index contributed by atoms with van der Waals surface area (Å²) in [5.41, 5.74) is -2.86. The molecule has 5 nitrogen and oxygen atoms in total.